The summed E-state index contributed by atoms with van der Waals surface area (Å²) in [5.41, 5.74) is 4.71. The first kappa shape index (κ1) is 14.7. The number of carbonyl (C=O) groups is 1. The Bertz CT molecular complexity index is 844. The molecule has 0 spiro atoms. The molecule has 4 heteroatoms. The largest absolute Gasteiger partial charge is 0.478 e. The van der Waals surface area contributed by atoms with E-state index in [1.54, 1.807) is 30.9 Å². The van der Waals surface area contributed by atoms with Crippen molar-refractivity contribution in [3.63, 3.8) is 0 Å². The van der Waals surface area contributed by atoms with Crippen LogP contribution in [0.3, 0.4) is 0 Å². The van der Waals surface area contributed by atoms with Crippen LogP contribution < -0.4 is 0 Å². The quantitative estimate of drug-likeness (QED) is 0.742. The summed E-state index contributed by atoms with van der Waals surface area (Å²) in [4.78, 5) is 19.1. The molecule has 4 nitrogen and oxygen atoms in total. The summed E-state index contributed by atoms with van der Waals surface area (Å²) in [5, 5.41) is 8.86. The second-order valence-corrected chi connectivity index (χ2v) is 4.96. The van der Waals surface area contributed by atoms with E-state index in [-0.39, 0.29) is 0 Å². The maximum Gasteiger partial charge on any atom is 0.328 e. The molecule has 1 aromatic carbocycles. The highest BCUT2D eigenvalue weighted by atomic mass is 16.4. The zero-order chi connectivity index (χ0) is 16.1. The van der Waals surface area contributed by atoms with Crippen molar-refractivity contribution >= 4 is 12.0 Å². The molecule has 0 aliphatic carbocycles. The lowest BCUT2D eigenvalue weighted by molar-refractivity contribution is -0.131. The number of aliphatic carboxylic acids is 1. The van der Waals surface area contributed by atoms with Crippen LogP contribution in [-0.4, -0.2) is 21.0 Å². The number of benzene rings is 1. The highest BCUT2D eigenvalue weighted by Gasteiger charge is 2.07. The minimum absolute atomic E-state index is 0.827. The van der Waals surface area contributed by atoms with Crippen LogP contribution in [0.1, 0.15) is 5.56 Å². The van der Waals surface area contributed by atoms with Gasteiger partial charge in [0.25, 0.3) is 0 Å². The van der Waals surface area contributed by atoms with Crippen molar-refractivity contribution in [3.05, 3.63) is 78.9 Å². The number of hydrogen-bond acceptors (Lipinski definition) is 3. The molecule has 0 bridgehead atoms. The van der Waals surface area contributed by atoms with E-state index in [9.17, 15) is 4.79 Å². The highest BCUT2D eigenvalue weighted by Crippen LogP contribution is 2.29. The van der Waals surface area contributed by atoms with Crippen molar-refractivity contribution in [3.8, 4) is 22.3 Å². The lowest BCUT2D eigenvalue weighted by Crippen LogP contribution is -1.90. The molecule has 0 unspecified atom stereocenters. The molecule has 2 aromatic heterocycles. The van der Waals surface area contributed by atoms with Crippen LogP contribution in [0.15, 0.2) is 73.3 Å². The lowest BCUT2D eigenvalue weighted by Gasteiger charge is -2.09. The number of carboxylic acid groups (broad SMARTS) is 1. The van der Waals surface area contributed by atoms with Gasteiger partial charge in [0.1, 0.15) is 0 Å². The van der Waals surface area contributed by atoms with Crippen LogP contribution in [0.2, 0.25) is 0 Å². The van der Waals surface area contributed by atoms with E-state index >= 15 is 0 Å². The third kappa shape index (κ3) is 3.49. The molecule has 0 fully saturated rings. The van der Waals surface area contributed by atoms with Crippen molar-refractivity contribution in [1.82, 2.24) is 9.97 Å². The Kier molecular flexibility index (Phi) is 4.25. The molecule has 23 heavy (non-hydrogen) atoms. The van der Waals surface area contributed by atoms with E-state index in [1.165, 1.54) is 0 Å². The van der Waals surface area contributed by atoms with Gasteiger partial charge in [-0.15, -0.1) is 0 Å². The van der Waals surface area contributed by atoms with Gasteiger partial charge >= 0.3 is 5.97 Å². The van der Waals surface area contributed by atoms with Crippen LogP contribution in [0.25, 0.3) is 28.3 Å². The first-order valence-electron chi connectivity index (χ1n) is 7.10. The molecule has 112 valence electrons. The maximum atomic E-state index is 10.8. The van der Waals surface area contributed by atoms with Crippen LogP contribution in [0.4, 0.5) is 0 Å². The first-order valence-corrected chi connectivity index (χ1v) is 7.10. The predicted octanol–water partition coefficient (Wildman–Crippen LogP) is 3.91. The molecular formula is C19H14N2O2. The number of nitrogens with zero attached hydrogens (tertiary/aromatic N) is 2. The van der Waals surface area contributed by atoms with Crippen LogP contribution in [0, 0.1) is 0 Å². The number of aromatic nitrogens is 2. The van der Waals surface area contributed by atoms with Crippen LogP contribution in [-0.2, 0) is 4.79 Å². The molecule has 1 N–H and O–H groups in total. The fourth-order valence-electron chi connectivity index (χ4n) is 2.35. The van der Waals surface area contributed by atoms with Crippen molar-refractivity contribution in [2.45, 2.75) is 0 Å². The summed E-state index contributed by atoms with van der Waals surface area (Å²) in [5.74, 6) is -0.974. The average Bonchev–Trinajstić information content (AvgIpc) is 2.61. The Hall–Kier alpha value is -3.27. The smallest absolute Gasteiger partial charge is 0.328 e. The summed E-state index contributed by atoms with van der Waals surface area (Å²) in [7, 11) is 0. The highest BCUT2D eigenvalue weighted by molar-refractivity contribution is 5.88. The number of rotatable bonds is 4. The van der Waals surface area contributed by atoms with Crippen molar-refractivity contribution in [2.24, 2.45) is 0 Å². The zero-order valence-corrected chi connectivity index (χ0v) is 12.3. The van der Waals surface area contributed by atoms with E-state index in [0.29, 0.717) is 0 Å². The van der Waals surface area contributed by atoms with Crippen LogP contribution in [0.5, 0.6) is 0 Å². The Balaban J connectivity index is 2.13. The minimum Gasteiger partial charge on any atom is -0.478 e. The molecule has 0 aliphatic rings. The predicted molar refractivity (Wildman–Crippen MR) is 89.6 cm³/mol. The first-order chi connectivity index (χ1) is 11.2. The molecule has 3 aromatic rings. The molecule has 0 amide bonds. The van der Waals surface area contributed by atoms with Crippen LogP contribution >= 0.6 is 0 Å². The molecule has 0 atom stereocenters. The number of pyridine rings is 2. The summed E-state index contributed by atoms with van der Waals surface area (Å²) >= 11 is 0. The van der Waals surface area contributed by atoms with Gasteiger partial charge in [0.15, 0.2) is 0 Å². The SMILES string of the molecule is O=C(O)C=Cc1ccc(-c2cccnc2)cc1-c1cccnc1. The second-order valence-electron chi connectivity index (χ2n) is 4.96. The normalized spacial score (nSPS) is 10.8. The summed E-state index contributed by atoms with van der Waals surface area (Å²) in [6.45, 7) is 0. The topological polar surface area (TPSA) is 63.1 Å². The van der Waals surface area contributed by atoms with Gasteiger partial charge in [-0.2, -0.15) is 0 Å². The van der Waals surface area contributed by atoms with E-state index in [2.05, 4.69) is 9.97 Å². The van der Waals surface area contributed by atoms with Gasteiger partial charge in [0.2, 0.25) is 0 Å². The van der Waals surface area contributed by atoms with E-state index in [1.807, 2.05) is 42.5 Å². The van der Waals surface area contributed by atoms with Gasteiger partial charge in [-0.05, 0) is 41.0 Å². The molecule has 0 radical (unpaired) electrons. The molecule has 3 rings (SSSR count). The second kappa shape index (κ2) is 6.66. The Morgan fingerprint density at radius 2 is 1.61 bits per heavy atom. The van der Waals surface area contributed by atoms with Crippen molar-refractivity contribution in [2.75, 3.05) is 0 Å². The minimum atomic E-state index is -0.974. The third-order valence-electron chi connectivity index (χ3n) is 3.43. The molecule has 0 aliphatic heterocycles. The van der Waals surface area contributed by atoms with E-state index < -0.39 is 5.97 Å². The van der Waals surface area contributed by atoms with Gasteiger partial charge in [0, 0.05) is 42.0 Å². The van der Waals surface area contributed by atoms with E-state index in [0.717, 1.165) is 33.9 Å². The summed E-state index contributed by atoms with van der Waals surface area (Å²) < 4.78 is 0. The Morgan fingerprint density at radius 3 is 2.22 bits per heavy atom. The Labute approximate surface area is 133 Å². The number of hydrogen-bond donors (Lipinski definition) is 1. The zero-order valence-electron chi connectivity index (χ0n) is 12.3. The number of carboxylic acids is 1. The maximum absolute atomic E-state index is 10.8. The molecular weight excluding hydrogens is 288 g/mol. The van der Waals surface area contributed by atoms with Gasteiger partial charge in [0.05, 0.1) is 0 Å². The van der Waals surface area contributed by atoms with Gasteiger partial charge in [-0.3, -0.25) is 9.97 Å². The lowest BCUT2D eigenvalue weighted by atomic mass is 9.95. The monoisotopic (exact) mass is 302 g/mol. The molecule has 2 heterocycles. The summed E-state index contributed by atoms with van der Waals surface area (Å²) in [6, 6.07) is 13.6. The van der Waals surface area contributed by atoms with Crippen molar-refractivity contribution in [1.29, 1.82) is 0 Å². The van der Waals surface area contributed by atoms with Gasteiger partial charge < -0.3 is 5.11 Å². The average molecular weight is 302 g/mol. The van der Waals surface area contributed by atoms with Gasteiger partial charge in [-0.1, -0.05) is 24.3 Å². The van der Waals surface area contributed by atoms with E-state index in [4.69, 9.17) is 5.11 Å². The molecule has 0 saturated heterocycles. The Morgan fingerprint density at radius 1 is 0.913 bits per heavy atom. The molecule has 0 saturated carbocycles. The van der Waals surface area contributed by atoms with Crippen molar-refractivity contribution < 1.29 is 9.90 Å². The van der Waals surface area contributed by atoms with Gasteiger partial charge in [-0.25, -0.2) is 4.79 Å². The summed E-state index contributed by atoms with van der Waals surface area (Å²) in [6.07, 6.45) is 9.74. The fourth-order valence-corrected chi connectivity index (χ4v) is 2.35. The third-order valence-corrected chi connectivity index (χ3v) is 3.43. The standard InChI is InChI=1S/C19H14N2O2/c22-19(23)8-7-14-5-6-15(16-3-1-9-20-12-16)11-18(14)17-4-2-10-21-13-17/h1-13H,(H,22,23). The fraction of sp³-hybridized carbons (Fsp3) is 0.